The molecule has 1 aliphatic heterocycles. The molecule has 1 saturated heterocycles. The Morgan fingerprint density at radius 1 is 1.09 bits per heavy atom. The second kappa shape index (κ2) is 5.42. The second-order valence-electron chi connectivity index (χ2n) is 6.18. The van der Waals surface area contributed by atoms with E-state index in [9.17, 15) is 17.6 Å². The second-order valence-corrected chi connectivity index (χ2v) is 6.18. The highest BCUT2D eigenvalue weighted by atomic mass is 19.4. The summed E-state index contributed by atoms with van der Waals surface area (Å²) in [5.41, 5.74) is -1.14. The lowest BCUT2D eigenvalue weighted by molar-refractivity contribution is -0.153. The van der Waals surface area contributed by atoms with E-state index in [1.165, 1.54) is 12.1 Å². The van der Waals surface area contributed by atoms with Gasteiger partial charge in [-0.15, -0.1) is 0 Å². The summed E-state index contributed by atoms with van der Waals surface area (Å²) in [7, 11) is -0.915. The van der Waals surface area contributed by atoms with E-state index in [1.54, 1.807) is 0 Å². The summed E-state index contributed by atoms with van der Waals surface area (Å²) < 4.78 is 66.2. The highest BCUT2D eigenvalue weighted by Gasteiger charge is 2.52. The van der Waals surface area contributed by atoms with E-state index < -0.39 is 36.9 Å². The molecule has 1 aromatic carbocycles. The van der Waals surface area contributed by atoms with Gasteiger partial charge in [0.25, 0.3) is 0 Å². The van der Waals surface area contributed by atoms with Crippen LogP contribution in [0, 0.1) is 5.82 Å². The topological polar surface area (TPSA) is 27.7 Å². The standard InChI is InChI=1S/C14H17BF4O3/c1-12(2)13(3,4)22-15(21-12)10-6-5-9(7-11(10)16)20-8-14(17,18)19/h5-7H,8H2,1-4H3. The highest BCUT2D eigenvalue weighted by molar-refractivity contribution is 6.62. The Hall–Kier alpha value is -1.28. The number of ether oxygens (including phenoxy) is 1. The van der Waals surface area contributed by atoms with E-state index in [-0.39, 0.29) is 11.2 Å². The molecule has 0 aliphatic carbocycles. The normalized spacial score (nSPS) is 20.3. The number of benzene rings is 1. The van der Waals surface area contributed by atoms with Crippen molar-refractivity contribution >= 4 is 12.6 Å². The van der Waals surface area contributed by atoms with E-state index in [2.05, 4.69) is 4.74 Å². The molecule has 2 rings (SSSR count). The highest BCUT2D eigenvalue weighted by Crippen LogP contribution is 2.36. The maximum Gasteiger partial charge on any atom is 0.497 e. The Labute approximate surface area is 126 Å². The predicted molar refractivity (Wildman–Crippen MR) is 73.7 cm³/mol. The lowest BCUT2D eigenvalue weighted by atomic mass is 9.78. The van der Waals surface area contributed by atoms with Crippen molar-refractivity contribution in [3.63, 3.8) is 0 Å². The van der Waals surface area contributed by atoms with Crippen molar-refractivity contribution < 1.29 is 31.6 Å². The summed E-state index contributed by atoms with van der Waals surface area (Å²) in [5.74, 6) is -0.937. The largest absolute Gasteiger partial charge is 0.497 e. The van der Waals surface area contributed by atoms with E-state index in [4.69, 9.17) is 9.31 Å². The molecule has 8 heteroatoms. The predicted octanol–water partition coefficient (Wildman–Crippen LogP) is 3.07. The number of rotatable bonds is 3. The van der Waals surface area contributed by atoms with Gasteiger partial charge < -0.3 is 14.0 Å². The van der Waals surface area contributed by atoms with Gasteiger partial charge in [-0.2, -0.15) is 13.2 Å². The summed E-state index contributed by atoms with van der Waals surface area (Å²) in [6, 6.07) is 3.46. The van der Waals surface area contributed by atoms with Crippen LogP contribution in [0.1, 0.15) is 27.7 Å². The Morgan fingerprint density at radius 3 is 2.09 bits per heavy atom. The molecule has 3 nitrogen and oxygen atoms in total. The Balaban J connectivity index is 2.14. The van der Waals surface area contributed by atoms with Crippen LogP contribution in [-0.2, 0) is 9.31 Å². The minimum absolute atomic E-state index is 0.123. The van der Waals surface area contributed by atoms with Crippen LogP contribution in [0.5, 0.6) is 5.75 Å². The third-order valence-corrected chi connectivity index (χ3v) is 3.88. The average Bonchev–Trinajstić information content (AvgIpc) is 2.55. The van der Waals surface area contributed by atoms with Crippen molar-refractivity contribution in [2.75, 3.05) is 6.61 Å². The molecule has 0 N–H and O–H groups in total. The first-order chi connectivity index (χ1) is 9.91. The molecular formula is C14H17BF4O3. The average molecular weight is 320 g/mol. The van der Waals surface area contributed by atoms with Gasteiger partial charge in [-0.1, -0.05) is 6.07 Å². The zero-order valence-corrected chi connectivity index (χ0v) is 12.8. The minimum Gasteiger partial charge on any atom is -0.484 e. The van der Waals surface area contributed by atoms with Crippen molar-refractivity contribution in [1.82, 2.24) is 0 Å². The van der Waals surface area contributed by atoms with Crippen molar-refractivity contribution in [2.45, 2.75) is 45.1 Å². The van der Waals surface area contributed by atoms with Crippen LogP contribution in [0.3, 0.4) is 0 Å². The molecule has 1 heterocycles. The van der Waals surface area contributed by atoms with Crippen molar-refractivity contribution in [2.24, 2.45) is 0 Å². The SMILES string of the molecule is CC1(C)OB(c2ccc(OCC(F)(F)F)cc2F)OC1(C)C. The van der Waals surface area contributed by atoms with Gasteiger partial charge in [-0.3, -0.25) is 0 Å². The van der Waals surface area contributed by atoms with Crippen LogP contribution in [-0.4, -0.2) is 31.1 Å². The van der Waals surface area contributed by atoms with Gasteiger partial charge in [-0.05, 0) is 33.8 Å². The smallest absolute Gasteiger partial charge is 0.484 e. The molecule has 22 heavy (non-hydrogen) atoms. The first-order valence-corrected chi connectivity index (χ1v) is 6.76. The van der Waals surface area contributed by atoms with Gasteiger partial charge in [0.1, 0.15) is 11.6 Å². The maximum absolute atomic E-state index is 14.1. The van der Waals surface area contributed by atoms with Crippen LogP contribution in [0.2, 0.25) is 0 Å². The minimum atomic E-state index is -4.47. The van der Waals surface area contributed by atoms with Gasteiger partial charge >= 0.3 is 13.3 Å². The fourth-order valence-corrected chi connectivity index (χ4v) is 1.92. The molecule has 1 aromatic rings. The van der Waals surface area contributed by atoms with Gasteiger partial charge in [0.2, 0.25) is 0 Å². The number of hydrogen-bond acceptors (Lipinski definition) is 3. The molecule has 1 fully saturated rings. The van der Waals surface area contributed by atoms with E-state index in [1.807, 2.05) is 27.7 Å². The molecule has 0 atom stereocenters. The monoisotopic (exact) mass is 320 g/mol. The maximum atomic E-state index is 14.1. The number of hydrogen-bond donors (Lipinski definition) is 0. The molecule has 0 spiro atoms. The summed E-state index contributed by atoms with van der Waals surface area (Å²) in [6.07, 6.45) is -4.47. The van der Waals surface area contributed by atoms with Crippen LogP contribution in [0.15, 0.2) is 18.2 Å². The molecule has 0 unspecified atom stereocenters. The van der Waals surface area contributed by atoms with Crippen LogP contribution < -0.4 is 10.2 Å². The van der Waals surface area contributed by atoms with Gasteiger partial charge in [0, 0.05) is 11.5 Å². The van der Waals surface area contributed by atoms with E-state index >= 15 is 0 Å². The first kappa shape index (κ1) is 17.1. The van der Waals surface area contributed by atoms with Gasteiger partial charge in [0.05, 0.1) is 11.2 Å². The van der Waals surface area contributed by atoms with Crippen LogP contribution in [0.4, 0.5) is 17.6 Å². The summed E-state index contributed by atoms with van der Waals surface area (Å²) in [6.45, 7) is 5.83. The van der Waals surface area contributed by atoms with Crippen molar-refractivity contribution in [3.05, 3.63) is 24.0 Å². The Bertz CT molecular complexity index is 542. The molecule has 0 amide bonds. The molecule has 0 radical (unpaired) electrons. The summed E-state index contributed by atoms with van der Waals surface area (Å²) >= 11 is 0. The first-order valence-electron chi connectivity index (χ1n) is 6.76. The molecule has 1 aliphatic rings. The van der Waals surface area contributed by atoms with Crippen molar-refractivity contribution in [3.8, 4) is 5.75 Å². The van der Waals surface area contributed by atoms with E-state index in [0.29, 0.717) is 0 Å². The van der Waals surface area contributed by atoms with Gasteiger partial charge in [-0.25, -0.2) is 4.39 Å². The molecule has 0 bridgehead atoms. The lowest BCUT2D eigenvalue weighted by Crippen LogP contribution is -2.41. The van der Waals surface area contributed by atoms with E-state index in [0.717, 1.165) is 6.07 Å². The lowest BCUT2D eigenvalue weighted by Gasteiger charge is -2.32. The zero-order chi connectivity index (χ0) is 16.8. The Morgan fingerprint density at radius 2 is 1.64 bits per heavy atom. The molecule has 122 valence electrons. The third kappa shape index (κ3) is 3.55. The molecular weight excluding hydrogens is 303 g/mol. The number of alkyl halides is 3. The quantitative estimate of drug-likeness (QED) is 0.633. The van der Waals surface area contributed by atoms with Crippen LogP contribution >= 0.6 is 0 Å². The number of halogens is 4. The fraction of sp³-hybridized carbons (Fsp3) is 0.571. The Kier molecular flexibility index (Phi) is 4.21. The zero-order valence-electron chi connectivity index (χ0n) is 12.8. The molecule has 0 saturated carbocycles. The van der Waals surface area contributed by atoms with Gasteiger partial charge in [0.15, 0.2) is 6.61 Å². The summed E-state index contributed by atoms with van der Waals surface area (Å²) in [5, 5.41) is 0. The summed E-state index contributed by atoms with van der Waals surface area (Å²) in [4.78, 5) is 0. The third-order valence-electron chi connectivity index (χ3n) is 3.88. The molecule has 0 aromatic heterocycles. The van der Waals surface area contributed by atoms with Crippen molar-refractivity contribution in [1.29, 1.82) is 0 Å². The fourth-order valence-electron chi connectivity index (χ4n) is 1.92. The van der Waals surface area contributed by atoms with Crippen LogP contribution in [0.25, 0.3) is 0 Å².